The molecule has 1 aromatic heterocycles. The number of thiazole rings is 1. The number of methoxy groups -OCH3 is 1. The molecule has 5 nitrogen and oxygen atoms in total. The Kier molecular flexibility index (Phi) is 6.82. The number of aliphatic imine (C=N–C) groups is 1. The van der Waals surface area contributed by atoms with E-state index in [1.54, 1.807) is 18.4 Å². The first-order chi connectivity index (χ1) is 11.9. The standard InChI is InChI=1S/C19H28N4OS/c1-7-20-19(21-11-18-22-13(3)15(5)25-18)23-14(4)16-10-12(2)8-9-17(16)24-6/h8-10,14H,7,11H2,1-6H3,(H2,20,21,23). The minimum atomic E-state index is 0.0763. The summed E-state index contributed by atoms with van der Waals surface area (Å²) in [6.45, 7) is 11.8. The largest absolute Gasteiger partial charge is 0.496 e. The van der Waals surface area contributed by atoms with Gasteiger partial charge in [0.2, 0.25) is 0 Å². The molecular formula is C19H28N4OS. The molecule has 0 spiro atoms. The number of nitrogens with one attached hydrogen (secondary N) is 2. The van der Waals surface area contributed by atoms with Crippen molar-refractivity contribution in [2.24, 2.45) is 4.99 Å². The second-order valence-electron chi connectivity index (χ2n) is 6.06. The van der Waals surface area contributed by atoms with E-state index in [-0.39, 0.29) is 6.04 Å². The molecule has 0 aliphatic heterocycles. The van der Waals surface area contributed by atoms with Gasteiger partial charge in [0.15, 0.2) is 5.96 Å². The molecule has 2 rings (SSSR count). The average molecular weight is 361 g/mol. The lowest BCUT2D eigenvalue weighted by Gasteiger charge is -2.20. The number of aryl methyl sites for hydroxylation is 3. The molecule has 0 fully saturated rings. The normalized spacial score (nSPS) is 12.8. The van der Waals surface area contributed by atoms with Gasteiger partial charge in [-0.05, 0) is 40.7 Å². The van der Waals surface area contributed by atoms with Crippen molar-refractivity contribution in [1.82, 2.24) is 15.6 Å². The topological polar surface area (TPSA) is 58.5 Å². The van der Waals surface area contributed by atoms with Crippen LogP contribution in [-0.2, 0) is 6.54 Å². The van der Waals surface area contributed by atoms with Gasteiger partial charge in [0.25, 0.3) is 0 Å². The molecule has 1 unspecified atom stereocenters. The van der Waals surface area contributed by atoms with Crippen LogP contribution in [0.1, 0.15) is 46.6 Å². The van der Waals surface area contributed by atoms with Gasteiger partial charge in [-0.2, -0.15) is 0 Å². The summed E-state index contributed by atoms with van der Waals surface area (Å²) in [6.07, 6.45) is 0. The van der Waals surface area contributed by atoms with Crippen LogP contribution < -0.4 is 15.4 Å². The second kappa shape index (κ2) is 8.85. The van der Waals surface area contributed by atoms with Gasteiger partial charge < -0.3 is 15.4 Å². The molecule has 1 aromatic carbocycles. The highest BCUT2D eigenvalue weighted by Crippen LogP contribution is 2.26. The van der Waals surface area contributed by atoms with Gasteiger partial charge in [-0.15, -0.1) is 11.3 Å². The first-order valence-electron chi connectivity index (χ1n) is 8.56. The van der Waals surface area contributed by atoms with Crippen molar-refractivity contribution in [1.29, 1.82) is 0 Å². The maximum atomic E-state index is 5.50. The summed E-state index contributed by atoms with van der Waals surface area (Å²) in [5.74, 6) is 1.66. The summed E-state index contributed by atoms with van der Waals surface area (Å²) in [6, 6.07) is 6.29. The molecular weight excluding hydrogens is 332 g/mol. The summed E-state index contributed by atoms with van der Waals surface area (Å²) in [5, 5.41) is 7.80. The first-order valence-corrected chi connectivity index (χ1v) is 9.38. The summed E-state index contributed by atoms with van der Waals surface area (Å²) in [5.41, 5.74) is 3.42. The Bertz CT molecular complexity index is 720. The summed E-state index contributed by atoms with van der Waals surface area (Å²) < 4.78 is 5.50. The van der Waals surface area contributed by atoms with Crippen LogP contribution in [-0.4, -0.2) is 24.6 Å². The Morgan fingerprint density at radius 3 is 2.68 bits per heavy atom. The van der Waals surface area contributed by atoms with Crippen LogP contribution in [0, 0.1) is 20.8 Å². The van der Waals surface area contributed by atoms with E-state index < -0.39 is 0 Å². The molecule has 6 heteroatoms. The fourth-order valence-electron chi connectivity index (χ4n) is 2.55. The van der Waals surface area contributed by atoms with E-state index in [1.165, 1.54) is 10.4 Å². The van der Waals surface area contributed by atoms with Crippen molar-refractivity contribution in [3.05, 3.63) is 44.9 Å². The minimum Gasteiger partial charge on any atom is -0.496 e. The smallest absolute Gasteiger partial charge is 0.192 e. The van der Waals surface area contributed by atoms with Gasteiger partial charge in [0, 0.05) is 17.0 Å². The molecule has 2 N–H and O–H groups in total. The SMILES string of the molecule is CCNC(=NCc1nc(C)c(C)s1)NC(C)c1cc(C)ccc1OC. The van der Waals surface area contributed by atoms with E-state index in [0.717, 1.165) is 34.5 Å². The van der Waals surface area contributed by atoms with Crippen LogP contribution in [0.3, 0.4) is 0 Å². The summed E-state index contributed by atoms with van der Waals surface area (Å²) in [7, 11) is 1.70. The van der Waals surface area contributed by atoms with E-state index in [4.69, 9.17) is 4.74 Å². The average Bonchev–Trinajstić information content (AvgIpc) is 2.91. The molecule has 1 atom stereocenters. The molecule has 0 aliphatic rings. The van der Waals surface area contributed by atoms with Crippen molar-refractivity contribution >= 4 is 17.3 Å². The van der Waals surface area contributed by atoms with Crippen LogP contribution in [0.5, 0.6) is 5.75 Å². The van der Waals surface area contributed by atoms with Gasteiger partial charge >= 0.3 is 0 Å². The maximum Gasteiger partial charge on any atom is 0.192 e. The predicted octanol–water partition coefficient (Wildman–Crippen LogP) is 3.89. The highest BCUT2D eigenvalue weighted by Gasteiger charge is 2.13. The zero-order chi connectivity index (χ0) is 18.4. The van der Waals surface area contributed by atoms with Crippen molar-refractivity contribution in [2.75, 3.05) is 13.7 Å². The Labute approximate surface area is 154 Å². The third-order valence-electron chi connectivity index (χ3n) is 3.99. The van der Waals surface area contributed by atoms with E-state index in [0.29, 0.717) is 6.54 Å². The number of guanidine groups is 1. The zero-order valence-electron chi connectivity index (χ0n) is 15.9. The third kappa shape index (κ3) is 5.19. The van der Waals surface area contributed by atoms with Crippen molar-refractivity contribution in [3.63, 3.8) is 0 Å². The van der Waals surface area contributed by atoms with Crippen molar-refractivity contribution < 1.29 is 4.74 Å². The van der Waals surface area contributed by atoms with Gasteiger partial charge in [-0.3, -0.25) is 0 Å². The van der Waals surface area contributed by atoms with E-state index >= 15 is 0 Å². The van der Waals surface area contributed by atoms with Crippen LogP contribution >= 0.6 is 11.3 Å². The number of nitrogens with zero attached hydrogens (tertiary/aromatic N) is 2. The number of ether oxygens (including phenoxy) is 1. The van der Waals surface area contributed by atoms with E-state index in [9.17, 15) is 0 Å². The van der Waals surface area contributed by atoms with Crippen LogP contribution in [0.2, 0.25) is 0 Å². The molecule has 0 saturated heterocycles. The number of rotatable bonds is 6. The van der Waals surface area contributed by atoms with Crippen molar-refractivity contribution in [2.45, 2.75) is 47.2 Å². The fourth-order valence-corrected chi connectivity index (χ4v) is 3.41. The van der Waals surface area contributed by atoms with Crippen LogP contribution in [0.25, 0.3) is 0 Å². The van der Waals surface area contributed by atoms with Gasteiger partial charge in [0.1, 0.15) is 10.8 Å². The predicted molar refractivity (Wildman–Crippen MR) is 106 cm³/mol. The highest BCUT2D eigenvalue weighted by atomic mass is 32.1. The Balaban J connectivity index is 2.14. The third-order valence-corrected chi connectivity index (χ3v) is 5.05. The van der Waals surface area contributed by atoms with E-state index in [2.05, 4.69) is 60.4 Å². The van der Waals surface area contributed by atoms with Gasteiger partial charge in [-0.25, -0.2) is 9.98 Å². The van der Waals surface area contributed by atoms with Crippen LogP contribution in [0.4, 0.5) is 0 Å². The first kappa shape index (κ1) is 19.2. The Morgan fingerprint density at radius 1 is 1.32 bits per heavy atom. The van der Waals surface area contributed by atoms with Gasteiger partial charge in [-0.1, -0.05) is 17.7 Å². The quantitative estimate of drug-likeness (QED) is 0.606. The highest BCUT2D eigenvalue weighted by molar-refractivity contribution is 7.11. The Morgan fingerprint density at radius 2 is 2.08 bits per heavy atom. The molecule has 0 radical (unpaired) electrons. The number of benzene rings is 1. The molecule has 136 valence electrons. The lowest BCUT2D eigenvalue weighted by Crippen LogP contribution is -2.38. The lowest BCUT2D eigenvalue weighted by molar-refractivity contribution is 0.405. The Hall–Kier alpha value is -2.08. The second-order valence-corrected chi connectivity index (χ2v) is 7.34. The maximum absolute atomic E-state index is 5.50. The summed E-state index contributed by atoms with van der Waals surface area (Å²) >= 11 is 1.70. The molecule has 0 amide bonds. The van der Waals surface area contributed by atoms with E-state index in [1.807, 2.05) is 13.0 Å². The monoisotopic (exact) mass is 360 g/mol. The molecule has 0 bridgehead atoms. The molecule has 2 aromatic rings. The minimum absolute atomic E-state index is 0.0763. The molecule has 0 aliphatic carbocycles. The number of aromatic nitrogens is 1. The van der Waals surface area contributed by atoms with Crippen LogP contribution in [0.15, 0.2) is 23.2 Å². The molecule has 1 heterocycles. The number of hydrogen-bond donors (Lipinski definition) is 2. The van der Waals surface area contributed by atoms with Gasteiger partial charge in [0.05, 0.1) is 25.4 Å². The molecule has 0 saturated carbocycles. The zero-order valence-corrected chi connectivity index (χ0v) is 16.8. The fraction of sp³-hybridized carbons (Fsp3) is 0.474. The summed E-state index contributed by atoms with van der Waals surface area (Å²) in [4.78, 5) is 10.5. The van der Waals surface area contributed by atoms with Crippen molar-refractivity contribution in [3.8, 4) is 5.75 Å². The molecule has 25 heavy (non-hydrogen) atoms. The number of hydrogen-bond acceptors (Lipinski definition) is 4. The lowest BCUT2D eigenvalue weighted by atomic mass is 10.0.